The molecule has 0 spiro atoms. The van der Waals surface area contributed by atoms with Gasteiger partial charge in [-0.15, -0.1) is 0 Å². The summed E-state index contributed by atoms with van der Waals surface area (Å²) in [5, 5.41) is 3.03. The summed E-state index contributed by atoms with van der Waals surface area (Å²) in [7, 11) is -5.05. The smallest absolute Gasteiger partial charge is 0.261 e. The van der Waals surface area contributed by atoms with Gasteiger partial charge in [-0.1, -0.05) is 11.6 Å². The molecule has 0 unspecified atom stereocenters. The average molecular weight is 613 g/mol. The van der Waals surface area contributed by atoms with E-state index in [4.69, 9.17) is 25.8 Å². The van der Waals surface area contributed by atoms with E-state index < -0.39 is 31.2 Å². The number of ether oxygens (including phenoxy) is 3. The van der Waals surface area contributed by atoms with E-state index in [0.717, 1.165) is 5.75 Å². The summed E-state index contributed by atoms with van der Waals surface area (Å²) in [6.07, 6.45) is 0. The molecule has 208 valence electrons. The Kier molecular flexibility index (Phi) is 8.96. The van der Waals surface area contributed by atoms with Crippen molar-refractivity contribution >= 4 is 60.5 Å². The molecule has 10 nitrogen and oxygen atoms in total. The fourth-order valence-electron chi connectivity index (χ4n) is 3.69. The molecule has 1 fully saturated rings. The van der Waals surface area contributed by atoms with Crippen molar-refractivity contribution in [2.24, 2.45) is 0 Å². The molecule has 1 saturated heterocycles. The molecule has 14 heteroatoms. The Balaban J connectivity index is 1.62. The van der Waals surface area contributed by atoms with Crippen LogP contribution in [0.5, 0.6) is 11.5 Å². The van der Waals surface area contributed by atoms with E-state index in [0.29, 0.717) is 23.1 Å². The van der Waals surface area contributed by atoms with Crippen molar-refractivity contribution in [1.29, 1.82) is 0 Å². The Hall–Kier alpha value is -2.97. The topological polar surface area (TPSA) is 137 Å². The van der Waals surface area contributed by atoms with Gasteiger partial charge in [0.05, 0.1) is 41.9 Å². The first-order valence-corrected chi connectivity index (χ1v) is 16.0. The van der Waals surface area contributed by atoms with Crippen LogP contribution in [0, 0.1) is 0 Å². The highest BCUT2D eigenvalue weighted by Gasteiger charge is 2.30. The van der Waals surface area contributed by atoms with Gasteiger partial charge in [0.2, 0.25) is 9.84 Å². The van der Waals surface area contributed by atoms with Crippen LogP contribution >= 0.6 is 23.4 Å². The number of benzene rings is 3. The predicted octanol–water partition coefficient (Wildman–Crippen LogP) is 4.27. The summed E-state index contributed by atoms with van der Waals surface area (Å²) in [6.45, 7) is 0.359. The first-order valence-electron chi connectivity index (χ1n) is 11.4. The van der Waals surface area contributed by atoms with E-state index in [2.05, 4.69) is 10.0 Å². The number of thioether (sulfide) groups is 1. The number of methoxy groups -OCH3 is 2. The van der Waals surface area contributed by atoms with Gasteiger partial charge in [0.15, 0.2) is 16.9 Å². The summed E-state index contributed by atoms with van der Waals surface area (Å²) in [5.74, 6) is 0.802. The molecule has 0 aromatic heterocycles. The van der Waals surface area contributed by atoms with Gasteiger partial charge in [-0.05, 0) is 54.6 Å². The number of amides is 1. The zero-order chi connectivity index (χ0) is 28.2. The lowest BCUT2D eigenvalue weighted by Crippen LogP contribution is -2.31. The van der Waals surface area contributed by atoms with Gasteiger partial charge in [-0.2, -0.15) is 11.8 Å². The van der Waals surface area contributed by atoms with Gasteiger partial charge in [0.1, 0.15) is 0 Å². The summed E-state index contributed by atoms with van der Waals surface area (Å²) in [4.78, 5) is 13.3. The summed E-state index contributed by atoms with van der Waals surface area (Å²) in [6, 6.07) is 13.8. The molecule has 0 saturated carbocycles. The second-order valence-electron chi connectivity index (χ2n) is 8.21. The normalized spacial score (nSPS) is 15.8. The molecule has 2 N–H and O–H groups in total. The van der Waals surface area contributed by atoms with Crippen molar-refractivity contribution in [2.75, 3.05) is 42.4 Å². The molecule has 1 amide bonds. The lowest BCUT2D eigenvalue weighted by molar-refractivity contribution is 0.102. The first kappa shape index (κ1) is 29.0. The van der Waals surface area contributed by atoms with E-state index >= 15 is 0 Å². The number of halogens is 1. The van der Waals surface area contributed by atoms with Crippen molar-refractivity contribution in [3.63, 3.8) is 0 Å². The summed E-state index contributed by atoms with van der Waals surface area (Å²) < 4.78 is 70.2. The molecule has 3 aromatic rings. The standard InChI is InChI=1S/C25H25ClN2O8S3/c1-34-22-13-20(21(14-23(22)35-2)28-39(32,33)19-7-3-16(26)4-8-19)25(29)27-17-5-9-18(10-6-17)38(30,31)24-15-37-12-11-36-24/h3-10,13-14,24,28H,11-12,15H2,1-2H3,(H,27,29)/t24-/m1/s1. The number of hydrogen-bond donors (Lipinski definition) is 2. The second-order valence-corrected chi connectivity index (χ2v) is 13.6. The molecule has 1 heterocycles. The minimum Gasteiger partial charge on any atom is -0.493 e. The number of nitrogens with one attached hydrogen (secondary N) is 2. The lowest BCUT2D eigenvalue weighted by atomic mass is 10.1. The molecule has 39 heavy (non-hydrogen) atoms. The van der Waals surface area contributed by atoms with Gasteiger partial charge < -0.3 is 19.5 Å². The maximum atomic E-state index is 13.3. The molecule has 0 aliphatic carbocycles. The fraction of sp³-hybridized carbons (Fsp3) is 0.240. The highest BCUT2D eigenvalue weighted by Crippen LogP contribution is 2.35. The second kappa shape index (κ2) is 12.0. The van der Waals surface area contributed by atoms with E-state index in [-0.39, 0.29) is 32.5 Å². The van der Waals surface area contributed by atoms with Crippen LogP contribution in [0.25, 0.3) is 0 Å². The quantitative estimate of drug-likeness (QED) is 0.363. The van der Waals surface area contributed by atoms with E-state index in [1.54, 1.807) is 0 Å². The van der Waals surface area contributed by atoms with Crippen LogP contribution in [0.3, 0.4) is 0 Å². The molecule has 3 aromatic carbocycles. The maximum Gasteiger partial charge on any atom is 0.261 e. The van der Waals surface area contributed by atoms with Crippen LogP contribution in [0.4, 0.5) is 11.4 Å². The SMILES string of the molecule is COc1cc(NS(=O)(=O)c2ccc(Cl)cc2)c(C(=O)Nc2ccc(S(=O)(=O)[C@@H]3CSCCO3)cc2)cc1OC. The minimum atomic E-state index is -4.10. The molecular formula is C25H25ClN2O8S3. The van der Waals surface area contributed by atoms with Crippen molar-refractivity contribution in [3.05, 3.63) is 71.2 Å². The molecule has 0 radical (unpaired) electrons. The van der Waals surface area contributed by atoms with Crippen molar-refractivity contribution in [1.82, 2.24) is 0 Å². The average Bonchev–Trinajstić information content (AvgIpc) is 2.93. The number of anilines is 2. The predicted molar refractivity (Wildman–Crippen MR) is 150 cm³/mol. The number of rotatable bonds is 9. The summed E-state index contributed by atoms with van der Waals surface area (Å²) >= 11 is 7.38. The largest absolute Gasteiger partial charge is 0.493 e. The van der Waals surface area contributed by atoms with Crippen LogP contribution in [-0.2, 0) is 24.6 Å². The van der Waals surface area contributed by atoms with Gasteiger partial charge >= 0.3 is 0 Å². The van der Waals surface area contributed by atoms with E-state index in [9.17, 15) is 21.6 Å². The highest BCUT2D eigenvalue weighted by molar-refractivity contribution is 8.01. The van der Waals surface area contributed by atoms with Crippen LogP contribution in [-0.4, -0.2) is 60.5 Å². The van der Waals surface area contributed by atoms with Crippen LogP contribution in [0.15, 0.2) is 70.5 Å². The molecule has 4 rings (SSSR count). The van der Waals surface area contributed by atoms with E-state index in [1.807, 2.05) is 0 Å². The number of sulfone groups is 1. The van der Waals surface area contributed by atoms with Crippen LogP contribution < -0.4 is 19.5 Å². The van der Waals surface area contributed by atoms with Gasteiger partial charge in [0.25, 0.3) is 15.9 Å². The Morgan fingerprint density at radius 2 is 1.56 bits per heavy atom. The lowest BCUT2D eigenvalue weighted by Gasteiger charge is -2.22. The number of sulfonamides is 1. The summed E-state index contributed by atoms with van der Waals surface area (Å²) in [5.41, 5.74) is -0.764. The van der Waals surface area contributed by atoms with Crippen molar-refractivity contribution in [3.8, 4) is 11.5 Å². The Labute approximate surface area is 236 Å². The zero-order valence-corrected chi connectivity index (χ0v) is 24.0. The molecular weight excluding hydrogens is 588 g/mol. The third-order valence-corrected chi connectivity index (χ3v) is 10.5. The number of carbonyl (C=O) groups excluding carboxylic acids is 1. The molecule has 1 atom stereocenters. The third kappa shape index (κ3) is 6.61. The minimum absolute atomic E-state index is 0.0606. The molecule has 1 aliphatic rings. The molecule has 1 aliphatic heterocycles. The highest BCUT2D eigenvalue weighted by atomic mass is 35.5. The number of carbonyl (C=O) groups is 1. The Morgan fingerprint density at radius 1 is 0.949 bits per heavy atom. The Bertz CT molecular complexity index is 1560. The van der Waals surface area contributed by atoms with Crippen LogP contribution in [0.2, 0.25) is 5.02 Å². The number of hydrogen-bond acceptors (Lipinski definition) is 9. The van der Waals surface area contributed by atoms with Gasteiger partial charge in [0, 0.05) is 28.3 Å². The van der Waals surface area contributed by atoms with Crippen molar-refractivity contribution in [2.45, 2.75) is 15.2 Å². The van der Waals surface area contributed by atoms with Gasteiger partial charge in [-0.3, -0.25) is 9.52 Å². The van der Waals surface area contributed by atoms with Gasteiger partial charge in [-0.25, -0.2) is 16.8 Å². The monoisotopic (exact) mass is 612 g/mol. The zero-order valence-electron chi connectivity index (χ0n) is 20.8. The van der Waals surface area contributed by atoms with Crippen LogP contribution in [0.1, 0.15) is 10.4 Å². The Morgan fingerprint density at radius 3 is 2.15 bits per heavy atom. The first-order chi connectivity index (χ1) is 18.5. The fourth-order valence-corrected chi connectivity index (χ4v) is 7.66. The maximum absolute atomic E-state index is 13.3. The third-order valence-electron chi connectivity index (χ3n) is 5.71. The molecule has 0 bridgehead atoms. The van der Waals surface area contributed by atoms with E-state index in [1.165, 1.54) is 86.6 Å². The van der Waals surface area contributed by atoms with Crippen molar-refractivity contribution < 1.29 is 35.8 Å².